The first-order valence-corrected chi connectivity index (χ1v) is 9.55. The molecule has 0 bridgehead atoms. The molecule has 1 unspecified atom stereocenters. The van der Waals surface area contributed by atoms with Gasteiger partial charge < -0.3 is 4.74 Å². The summed E-state index contributed by atoms with van der Waals surface area (Å²) in [6, 6.07) is 4.35. The van der Waals surface area contributed by atoms with Gasteiger partial charge in [-0.2, -0.15) is 0 Å². The van der Waals surface area contributed by atoms with Gasteiger partial charge in [-0.15, -0.1) is 0 Å². The number of carbonyl (C=O) groups is 1. The predicted molar refractivity (Wildman–Crippen MR) is 89.5 cm³/mol. The summed E-state index contributed by atoms with van der Waals surface area (Å²) in [5.74, 6) is 0.0860. The molecule has 9 heteroatoms. The Bertz CT molecular complexity index is 694. The molecule has 0 aromatic heterocycles. The van der Waals surface area contributed by atoms with Crippen molar-refractivity contribution in [2.24, 2.45) is 0 Å². The number of hydrazine groups is 1. The lowest BCUT2D eigenvalue weighted by molar-refractivity contribution is -0.151. The summed E-state index contributed by atoms with van der Waals surface area (Å²) < 4.78 is 28.7. The molecule has 0 spiro atoms. The van der Waals surface area contributed by atoms with E-state index < -0.39 is 9.84 Å². The van der Waals surface area contributed by atoms with E-state index in [9.17, 15) is 13.2 Å². The maximum atomic E-state index is 12.4. The second-order valence-corrected chi connectivity index (χ2v) is 8.58. The van der Waals surface area contributed by atoms with Gasteiger partial charge in [0.2, 0.25) is 0 Å². The fourth-order valence-electron chi connectivity index (χ4n) is 2.52. The Hall–Kier alpha value is -1.02. The van der Waals surface area contributed by atoms with Crippen LogP contribution < -0.4 is 4.74 Å². The molecule has 1 aliphatic heterocycles. The molecule has 1 amide bonds. The van der Waals surface area contributed by atoms with E-state index in [1.807, 2.05) is 0 Å². The van der Waals surface area contributed by atoms with E-state index in [4.69, 9.17) is 27.9 Å². The number of hydrogen-bond donors (Lipinski definition) is 0. The third-order valence-electron chi connectivity index (χ3n) is 3.49. The Morgan fingerprint density at radius 2 is 2.04 bits per heavy atom. The minimum Gasteiger partial charge on any atom is -0.482 e. The summed E-state index contributed by atoms with van der Waals surface area (Å²) in [6.45, 7) is -0.240. The van der Waals surface area contributed by atoms with E-state index in [-0.39, 0.29) is 30.1 Å². The van der Waals surface area contributed by atoms with Crippen LogP contribution in [0.5, 0.6) is 5.75 Å². The van der Waals surface area contributed by atoms with E-state index in [0.29, 0.717) is 22.2 Å². The van der Waals surface area contributed by atoms with Gasteiger partial charge >= 0.3 is 0 Å². The van der Waals surface area contributed by atoms with E-state index >= 15 is 0 Å². The average Bonchev–Trinajstić information content (AvgIpc) is 2.77. The van der Waals surface area contributed by atoms with Crippen LogP contribution in [-0.4, -0.2) is 62.6 Å². The molecule has 1 aromatic rings. The topological polar surface area (TPSA) is 66.9 Å². The molecule has 1 heterocycles. The van der Waals surface area contributed by atoms with Crippen LogP contribution in [0.3, 0.4) is 0 Å². The molecule has 128 valence electrons. The molecule has 0 radical (unpaired) electrons. The van der Waals surface area contributed by atoms with Gasteiger partial charge in [0.25, 0.3) is 5.91 Å². The lowest BCUT2D eigenvalue weighted by Crippen LogP contribution is -2.51. The number of nitrogens with zero attached hydrogens (tertiary/aromatic N) is 2. The molecule has 1 aromatic carbocycles. The zero-order valence-electron chi connectivity index (χ0n) is 12.8. The first-order valence-electron chi connectivity index (χ1n) is 6.97. The molecule has 23 heavy (non-hydrogen) atoms. The van der Waals surface area contributed by atoms with Gasteiger partial charge in [-0.1, -0.05) is 23.2 Å². The summed E-state index contributed by atoms with van der Waals surface area (Å²) in [7, 11) is 0.302. The van der Waals surface area contributed by atoms with E-state index in [1.165, 1.54) is 11.1 Å². The first-order chi connectivity index (χ1) is 10.7. The van der Waals surface area contributed by atoms with Gasteiger partial charge in [-0.3, -0.25) is 9.80 Å². The number of sulfone groups is 1. The maximum Gasteiger partial charge on any atom is 0.275 e. The highest BCUT2D eigenvalue weighted by Crippen LogP contribution is 2.27. The number of rotatable bonds is 5. The number of ether oxygens (including phenoxy) is 1. The Morgan fingerprint density at radius 3 is 2.57 bits per heavy atom. The second kappa shape index (κ2) is 7.25. The number of hydrogen-bond acceptors (Lipinski definition) is 5. The number of amides is 1. The summed E-state index contributed by atoms with van der Waals surface area (Å²) in [4.78, 5) is 12.4. The summed E-state index contributed by atoms with van der Waals surface area (Å²) >= 11 is 11.8. The molecule has 2 rings (SSSR count). The van der Waals surface area contributed by atoms with Crippen LogP contribution in [0.4, 0.5) is 0 Å². The molecule has 6 nitrogen and oxygen atoms in total. The normalized spacial score (nSPS) is 19.8. The molecular formula is C14H18Cl2N2O4S. The van der Waals surface area contributed by atoms with Gasteiger partial charge in [0.1, 0.15) is 5.75 Å². The standard InChI is InChI=1S/C14H18Cl2N2O4S/c1-17(2)18(11-5-6-23(20,21)9-11)14(19)8-22-13-4-3-10(15)7-12(13)16/h3-4,7,11H,5-6,8-9H2,1-2H3. The molecule has 1 aliphatic rings. The Morgan fingerprint density at radius 1 is 1.35 bits per heavy atom. The number of benzene rings is 1. The van der Waals surface area contributed by atoms with Gasteiger partial charge in [0, 0.05) is 19.1 Å². The number of halogens is 2. The molecular weight excluding hydrogens is 363 g/mol. The quantitative estimate of drug-likeness (QED) is 0.729. The minimum absolute atomic E-state index is 0.0291. The fraction of sp³-hybridized carbons (Fsp3) is 0.500. The maximum absolute atomic E-state index is 12.4. The summed E-state index contributed by atoms with van der Waals surface area (Å²) in [6.07, 6.45) is 0.425. The van der Waals surface area contributed by atoms with Gasteiger partial charge in [-0.25, -0.2) is 13.4 Å². The van der Waals surface area contributed by atoms with Crippen LogP contribution >= 0.6 is 23.2 Å². The highest BCUT2D eigenvalue weighted by Gasteiger charge is 2.36. The number of carbonyl (C=O) groups excluding carboxylic acids is 1. The van der Waals surface area contributed by atoms with Crippen molar-refractivity contribution in [3.63, 3.8) is 0 Å². The molecule has 0 saturated carbocycles. The largest absolute Gasteiger partial charge is 0.482 e. The zero-order valence-corrected chi connectivity index (χ0v) is 15.2. The molecule has 1 fully saturated rings. The van der Waals surface area contributed by atoms with Crippen LogP contribution in [0, 0.1) is 0 Å². The van der Waals surface area contributed by atoms with E-state index in [2.05, 4.69) is 0 Å². The SMILES string of the molecule is CN(C)N(C(=O)COc1ccc(Cl)cc1Cl)C1CCS(=O)(=O)C1. The second-order valence-electron chi connectivity index (χ2n) is 5.51. The summed E-state index contributed by atoms with van der Waals surface area (Å²) in [5.41, 5.74) is 0. The van der Waals surface area contributed by atoms with Gasteiger partial charge in [-0.05, 0) is 24.6 Å². The monoisotopic (exact) mass is 380 g/mol. The van der Waals surface area contributed by atoms with E-state index in [1.54, 1.807) is 31.2 Å². The third-order valence-corrected chi connectivity index (χ3v) is 5.77. The first kappa shape index (κ1) is 18.3. The lowest BCUT2D eigenvalue weighted by atomic mass is 10.2. The fourth-order valence-corrected chi connectivity index (χ4v) is 4.67. The Labute approximate surface area is 145 Å². The van der Waals surface area contributed by atoms with Crippen LogP contribution in [0.25, 0.3) is 0 Å². The highest BCUT2D eigenvalue weighted by atomic mass is 35.5. The summed E-state index contributed by atoms with van der Waals surface area (Å²) in [5, 5.41) is 3.79. The van der Waals surface area contributed by atoms with Crippen molar-refractivity contribution in [1.82, 2.24) is 10.0 Å². The van der Waals surface area contributed by atoms with Crippen molar-refractivity contribution >= 4 is 38.9 Å². The molecule has 1 saturated heterocycles. The van der Waals surface area contributed by atoms with Crippen LogP contribution in [0.15, 0.2) is 18.2 Å². The smallest absolute Gasteiger partial charge is 0.275 e. The van der Waals surface area contributed by atoms with Crippen molar-refractivity contribution in [2.45, 2.75) is 12.5 Å². The van der Waals surface area contributed by atoms with Gasteiger partial charge in [0.15, 0.2) is 16.4 Å². The lowest BCUT2D eigenvalue weighted by Gasteiger charge is -2.33. The highest BCUT2D eigenvalue weighted by molar-refractivity contribution is 7.91. The average molecular weight is 381 g/mol. The Kier molecular flexibility index (Phi) is 5.78. The third kappa shape index (κ3) is 4.73. The van der Waals surface area contributed by atoms with Crippen molar-refractivity contribution in [2.75, 3.05) is 32.2 Å². The Balaban J connectivity index is 2.04. The van der Waals surface area contributed by atoms with Crippen molar-refractivity contribution < 1.29 is 17.9 Å². The van der Waals surface area contributed by atoms with Crippen molar-refractivity contribution in [1.29, 1.82) is 0 Å². The van der Waals surface area contributed by atoms with Crippen LogP contribution in [-0.2, 0) is 14.6 Å². The van der Waals surface area contributed by atoms with E-state index in [0.717, 1.165) is 0 Å². The zero-order chi connectivity index (χ0) is 17.2. The molecule has 0 aliphatic carbocycles. The van der Waals surface area contributed by atoms with Crippen molar-refractivity contribution in [3.8, 4) is 5.75 Å². The van der Waals surface area contributed by atoms with Crippen LogP contribution in [0.1, 0.15) is 6.42 Å². The molecule has 0 N–H and O–H groups in total. The molecule has 1 atom stereocenters. The van der Waals surface area contributed by atoms with Crippen molar-refractivity contribution in [3.05, 3.63) is 28.2 Å². The van der Waals surface area contributed by atoms with Crippen LogP contribution in [0.2, 0.25) is 10.0 Å². The van der Waals surface area contributed by atoms with Gasteiger partial charge in [0.05, 0.1) is 22.6 Å². The predicted octanol–water partition coefficient (Wildman–Crippen LogP) is 1.86. The minimum atomic E-state index is -3.08.